The van der Waals surface area contributed by atoms with E-state index in [1.165, 1.54) is 0 Å². The van der Waals surface area contributed by atoms with Crippen LogP contribution in [0.1, 0.15) is 37.0 Å². The maximum absolute atomic E-state index is 11.8. The van der Waals surface area contributed by atoms with E-state index in [4.69, 9.17) is 0 Å². The molecule has 6 heteroatoms. The van der Waals surface area contributed by atoms with Gasteiger partial charge in [0.25, 0.3) is 0 Å². The summed E-state index contributed by atoms with van der Waals surface area (Å²) >= 11 is 1.54. The van der Waals surface area contributed by atoms with Gasteiger partial charge < -0.3 is 15.7 Å². The number of aromatic nitrogens is 1. The lowest BCUT2D eigenvalue weighted by atomic mass is 9.93. The number of urea groups is 1. The minimum Gasteiger partial charge on any atom is -0.391 e. The standard InChI is InChI=1S/C18H25N3O2S/c1-18(2,3)15-12-24-16(21-15)11-20-17(23)19-10-14(22)9-13-7-5-4-6-8-13/h4-8,12,14,22H,9-11H2,1-3H3,(H2,19,20,23). The molecule has 0 aliphatic rings. The molecule has 0 fully saturated rings. The minimum atomic E-state index is -0.606. The number of nitrogens with one attached hydrogen (secondary N) is 2. The van der Waals surface area contributed by atoms with Gasteiger partial charge in [-0.05, 0) is 5.56 Å². The van der Waals surface area contributed by atoms with Crippen LogP contribution in [0, 0.1) is 0 Å². The third-order valence-corrected chi connectivity index (χ3v) is 4.38. The molecule has 1 heterocycles. The normalized spacial score (nSPS) is 12.7. The van der Waals surface area contributed by atoms with E-state index in [1.54, 1.807) is 11.3 Å². The molecule has 0 aliphatic carbocycles. The van der Waals surface area contributed by atoms with Crippen molar-refractivity contribution in [3.63, 3.8) is 0 Å². The second-order valence-electron chi connectivity index (χ2n) is 6.78. The summed E-state index contributed by atoms with van der Waals surface area (Å²) in [6, 6.07) is 9.42. The summed E-state index contributed by atoms with van der Waals surface area (Å²) in [6.45, 7) is 6.94. The van der Waals surface area contributed by atoms with Crippen LogP contribution in [0.3, 0.4) is 0 Å². The van der Waals surface area contributed by atoms with Crippen molar-refractivity contribution in [3.8, 4) is 0 Å². The van der Waals surface area contributed by atoms with Gasteiger partial charge in [-0.25, -0.2) is 9.78 Å². The maximum Gasteiger partial charge on any atom is 0.315 e. The van der Waals surface area contributed by atoms with E-state index >= 15 is 0 Å². The molecule has 0 bridgehead atoms. The van der Waals surface area contributed by atoms with E-state index in [2.05, 4.69) is 36.4 Å². The number of aliphatic hydroxyl groups is 1. The molecule has 3 N–H and O–H groups in total. The lowest BCUT2D eigenvalue weighted by Gasteiger charge is -2.14. The molecule has 1 atom stereocenters. The van der Waals surface area contributed by atoms with Crippen molar-refractivity contribution in [2.24, 2.45) is 0 Å². The maximum atomic E-state index is 11.8. The van der Waals surface area contributed by atoms with E-state index in [9.17, 15) is 9.90 Å². The summed E-state index contributed by atoms with van der Waals surface area (Å²) in [5.74, 6) is 0. The number of benzene rings is 1. The van der Waals surface area contributed by atoms with Crippen LogP contribution >= 0.6 is 11.3 Å². The summed E-state index contributed by atoms with van der Waals surface area (Å²) in [6.07, 6.45) is -0.0896. The Morgan fingerprint density at radius 3 is 2.58 bits per heavy atom. The van der Waals surface area contributed by atoms with Gasteiger partial charge in [0, 0.05) is 23.8 Å². The highest BCUT2D eigenvalue weighted by atomic mass is 32.1. The molecule has 24 heavy (non-hydrogen) atoms. The topological polar surface area (TPSA) is 74.2 Å². The number of carbonyl (C=O) groups excluding carboxylic acids is 1. The molecule has 0 radical (unpaired) electrons. The third kappa shape index (κ3) is 5.94. The minimum absolute atomic E-state index is 0.0125. The fourth-order valence-corrected chi connectivity index (χ4v) is 3.08. The van der Waals surface area contributed by atoms with Crippen LogP contribution in [0.25, 0.3) is 0 Å². The summed E-state index contributed by atoms with van der Waals surface area (Å²) in [4.78, 5) is 16.4. The average molecular weight is 347 g/mol. The molecule has 2 aromatic rings. The molecule has 5 nitrogen and oxygen atoms in total. The summed E-state index contributed by atoms with van der Waals surface area (Å²) in [5, 5.41) is 18.3. The number of nitrogens with zero attached hydrogens (tertiary/aromatic N) is 1. The SMILES string of the molecule is CC(C)(C)c1csc(CNC(=O)NCC(O)Cc2ccccc2)n1. The predicted molar refractivity (Wildman–Crippen MR) is 97.2 cm³/mol. The number of hydrogen-bond acceptors (Lipinski definition) is 4. The van der Waals surface area contributed by atoms with Crippen molar-refractivity contribution < 1.29 is 9.90 Å². The molecule has 1 aromatic heterocycles. The molecule has 0 spiro atoms. The molecule has 1 aromatic carbocycles. The summed E-state index contributed by atoms with van der Waals surface area (Å²) < 4.78 is 0. The van der Waals surface area contributed by atoms with Crippen LogP contribution < -0.4 is 10.6 Å². The second kappa shape index (κ2) is 8.26. The van der Waals surface area contributed by atoms with E-state index in [0.29, 0.717) is 13.0 Å². The molecule has 0 aliphatic heterocycles. The molecule has 2 amide bonds. The Hall–Kier alpha value is -1.92. The second-order valence-corrected chi connectivity index (χ2v) is 7.73. The van der Waals surface area contributed by atoms with Gasteiger partial charge in [-0.1, -0.05) is 51.1 Å². The number of carbonyl (C=O) groups is 1. The number of hydrogen-bond donors (Lipinski definition) is 3. The van der Waals surface area contributed by atoms with Crippen molar-refractivity contribution in [1.82, 2.24) is 15.6 Å². The highest BCUT2D eigenvalue weighted by Crippen LogP contribution is 2.23. The van der Waals surface area contributed by atoms with E-state index < -0.39 is 6.10 Å². The zero-order chi connectivity index (χ0) is 17.6. The van der Waals surface area contributed by atoms with Crippen LogP contribution in [0.5, 0.6) is 0 Å². The highest BCUT2D eigenvalue weighted by molar-refractivity contribution is 7.09. The lowest BCUT2D eigenvalue weighted by molar-refractivity contribution is 0.170. The van der Waals surface area contributed by atoms with Gasteiger partial charge >= 0.3 is 6.03 Å². The van der Waals surface area contributed by atoms with Gasteiger partial charge in [0.05, 0.1) is 18.3 Å². The number of aliphatic hydroxyl groups excluding tert-OH is 1. The lowest BCUT2D eigenvalue weighted by Crippen LogP contribution is -2.40. The molecule has 1 unspecified atom stereocenters. The van der Waals surface area contributed by atoms with Gasteiger partial charge in [-0.3, -0.25) is 0 Å². The number of thiazole rings is 1. The van der Waals surface area contributed by atoms with Crippen molar-refractivity contribution in [1.29, 1.82) is 0 Å². The highest BCUT2D eigenvalue weighted by Gasteiger charge is 2.17. The van der Waals surface area contributed by atoms with Crippen LogP contribution in [0.15, 0.2) is 35.7 Å². The monoisotopic (exact) mass is 347 g/mol. The Morgan fingerprint density at radius 2 is 1.96 bits per heavy atom. The van der Waals surface area contributed by atoms with Crippen molar-refractivity contribution in [3.05, 3.63) is 52.0 Å². The predicted octanol–water partition coefficient (Wildman–Crippen LogP) is 2.84. The van der Waals surface area contributed by atoms with Crippen molar-refractivity contribution in [2.75, 3.05) is 6.54 Å². The molecular formula is C18H25N3O2S. The molecular weight excluding hydrogens is 322 g/mol. The zero-order valence-electron chi connectivity index (χ0n) is 14.4. The third-order valence-electron chi connectivity index (χ3n) is 3.53. The van der Waals surface area contributed by atoms with E-state index in [-0.39, 0.29) is 18.0 Å². The fourth-order valence-electron chi connectivity index (χ4n) is 2.12. The molecule has 0 saturated carbocycles. The van der Waals surface area contributed by atoms with Gasteiger partial charge in [-0.15, -0.1) is 11.3 Å². The van der Waals surface area contributed by atoms with Gasteiger partial charge in [0.2, 0.25) is 0 Å². The Bertz CT molecular complexity index is 650. The molecule has 0 saturated heterocycles. The molecule has 2 rings (SSSR count). The fraction of sp³-hybridized carbons (Fsp3) is 0.444. The Balaban J connectivity index is 1.70. The first-order valence-corrected chi connectivity index (χ1v) is 8.91. The number of amides is 2. The largest absolute Gasteiger partial charge is 0.391 e. The first kappa shape index (κ1) is 18.4. The first-order chi connectivity index (χ1) is 11.3. The molecule has 130 valence electrons. The zero-order valence-corrected chi connectivity index (χ0v) is 15.2. The van der Waals surface area contributed by atoms with Gasteiger partial charge in [0.1, 0.15) is 5.01 Å². The average Bonchev–Trinajstić information content (AvgIpc) is 3.01. The van der Waals surface area contributed by atoms with Gasteiger partial charge in [-0.2, -0.15) is 0 Å². The number of rotatable bonds is 6. The summed E-state index contributed by atoms with van der Waals surface area (Å²) in [7, 11) is 0. The van der Waals surface area contributed by atoms with Crippen molar-refractivity contribution >= 4 is 17.4 Å². The van der Waals surface area contributed by atoms with Crippen molar-refractivity contribution in [2.45, 2.75) is 45.3 Å². The quantitative estimate of drug-likeness (QED) is 0.752. The van der Waals surface area contributed by atoms with Crippen LogP contribution in [-0.4, -0.2) is 28.8 Å². The Morgan fingerprint density at radius 1 is 1.25 bits per heavy atom. The van der Waals surface area contributed by atoms with E-state index in [0.717, 1.165) is 16.3 Å². The summed E-state index contributed by atoms with van der Waals surface area (Å²) in [5.41, 5.74) is 2.09. The van der Waals surface area contributed by atoms with Gasteiger partial charge in [0.15, 0.2) is 0 Å². The van der Waals surface area contributed by atoms with Crippen LogP contribution in [0.4, 0.5) is 4.79 Å². The van der Waals surface area contributed by atoms with Crippen LogP contribution in [-0.2, 0) is 18.4 Å². The van der Waals surface area contributed by atoms with Crippen LogP contribution in [0.2, 0.25) is 0 Å². The Labute approximate surface area is 147 Å². The Kier molecular flexibility index (Phi) is 6.34. The van der Waals surface area contributed by atoms with E-state index in [1.807, 2.05) is 35.7 Å². The smallest absolute Gasteiger partial charge is 0.315 e. The first-order valence-electron chi connectivity index (χ1n) is 8.03.